The third-order valence-corrected chi connectivity index (χ3v) is 0. The van der Waals surface area contributed by atoms with Gasteiger partial charge in [0.2, 0.25) is 0 Å². The summed E-state index contributed by atoms with van der Waals surface area (Å²) in [6.07, 6.45) is 0. The summed E-state index contributed by atoms with van der Waals surface area (Å²) < 4.78 is 31.6. The van der Waals surface area contributed by atoms with Crippen molar-refractivity contribution >= 4 is 10.4 Å². The van der Waals surface area contributed by atoms with E-state index in [-0.39, 0.29) is 39.7 Å². The molecule has 8 heteroatoms. The van der Waals surface area contributed by atoms with Crippen LogP contribution in [-0.2, 0) is 44.0 Å². The van der Waals surface area contributed by atoms with E-state index >= 15 is 0 Å². The molecule has 8 heavy (non-hydrogen) atoms. The first-order valence-electron chi connectivity index (χ1n) is 0.698. The second-order valence-corrected chi connectivity index (χ2v) is 1.34. The molecule has 0 aliphatic carbocycles. The summed E-state index contributed by atoms with van der Waals surface area (Å²) >= 11 is 0. The van der Waals surface area contributed by atoms with Gasteiger partial charge >= 0.3 is 10.4 Å². The van der Waals surface area contributed by atoms with Crippen molar-refractivity contribution in [2.24, 2.45) is 0 Å². The smallest absolute Gasteiger partial charge is 0.344 e. The van der Waals surface area contributed by atoms with Crippen molar-refractivity contribution in [2.45, 2.75) is 0 Å². The van der Waals surface area contributed by atoms with Crippen molar-refractivity contribution < 1.29 is 51.1 Å². The zero-order chi connectivity index (χ0) is 4.50. The maximum Gasteiger partial charge on any atom is 0.394 e. The fourth-order valence-corrected chi connectivity index (χ4v) is 0. The summed E-state index contributed by atoms with van der Waals surface area (Å²) in [6, 6.07) is 0. The second kappa shape index (κ2) is 7.84. The van der Waals surface area contributed by atoms with Crippen LogP contribution in [0.5, 0.6) is 0 Å². The molecule has 5 N–H and O–H groups in total. The zero-order valence-corrected chi connectivity index (χ0v) is 6.19. The quantitative estimate of drug-likeness (QED) is 0.389. The molecule has 0 aromatic heterocycles. The molecule has 0 aliphatic heterocycles. The first-order valence-corrected chi connectivity index (χ1v) is 2.10. The van der Waals surface area contributed by atoms with Crippen LogP contribution in [0, 0.1) is 0 Å². The summed E-state index contributed by atoms with van der Waals surface area (Å²) in [4.78, 5) is 0. The van der Waals surface area contributed by atoms with Gasteiger partial charge in [0.1, 0.15) is 0 Å². The zero-order valence-electron chi connectivity index (χ0n) is 3.44. The molecule has 0 atom stereocenters. The number of rotatable bonds is 0. The van der Waals surface area contributed by atoms with Crippen molar-refractivity contribution in [3.63, 3.8) is 0 Å². The molecule has 0 aromatic rings. The molecule has 0 amide bonds. The average Bonchev–Trinajstić information content (AvgIpc) is 0.722. The van der Waals surface area contributed by atoms with Crippen LogP contribution in [0.25, 0.3) is 0 Å². The van der Waals surface area contributed by atoms with E-state index in [2.05, 4.69) is 0 Å². The second-order valence-electron chi connectivity index (χ2n) is 0.448. The topological polar surface area (TPSA) is 110 Å². The van der Waals surface area contributed by atoms with Crippen LogP contribution >= 0.6 is 0 Å². The van der Waals surface area contributed by atoms with Crippen molar-refractivity contribution in [3.8, 4) is 0 Å². The predicted octanol–water partition coefficient (Wildman–Crippen LogP) is -0.496. The summed E-state index contributed by atoms with van der Waals surface area (Å²) in [6.45, 7) is 0. The van der Waals surface area contributed by atoms with Gasteiger partial charge < -0.3 is 6.15 Å². The minimum atomic E-state index is -4.67. The Labute approximate surface area is 67.8 Å². The molecular weight excluding hydrogens is 232 g/mol. The Morgan fingerprint density at radius 3 is 1.12 bits per heavy atom. The van der Waals surface area contributed by atoms with Gasteiger partial charge in [-0.25, -0.2) is 0 Å². The van der Waals surface area contributed by atoms with E-state index < -0.39 is 10.4 Å². The Hall–Kier alpha value is 0.843. The van der Waals surface area contributed by atoms with Gasteiger partial charge in [-0.1, -0.05) is 0 Å². The Morgan fingerprint density at radius 2 is 1.12 bits per heavy atom. The summed E-state index contributed by atoms with van der Waals surface area (Å²) in [5, 5.41) is 0. The molecular formula is H5CuNNiO4S. The molecule has 0 saturated heterocycles. The molecule has 0 heterocycles. The predicted molar refractivity (Wildman–Crippen MR) is 19.2 cm³/mol. The van der Waals surface area contributed by atoms with Gasteiger partial charge in [-0.2, -0.15) is 8.42 Å². The van der Waals surface area contributed by atoms with Gasteiger partial charge in [-0.05, 0) is 0 Å². The Morgan fingerprint density at radius 1 is 1.12 bits per heavy atom. The van der Waals surface area contributed by atoms with E-state index in [0.717, 1.165) is 0 Å². The summed E-state index contributed by atoms with van der Waals surface area (Å²) in [5.41, 5.74) is 0. The summed E-state index contributed by atoms with van der Waals surface area (Å²) in [5.74, 6) is 0. The first-order chi connectivity index (χ1) is 2.00. The Bertz CT molecular complexity index is 99.2. The molecule has 0 aliphatic rings. The molecule has 1 radical (unpaired) electrons. The van der Waals surface area contributed by atoms with Crippen molar-refractivity contribution in [1.82, 2.24) is 6.15 Å². The fraction of sp³-hybridized carbons (Fsp3) is 0. The average molecular weight is 237 g/mol. The van der Waals surface area contributed by atoms with Gasteiger partial charge in [0.25, 0.3) is 0 Å². The Balaban J connectivity index is -0.0000000267. The number of hydrogen-bond acceptors (Lipinski definition) is 3. The largest absolute Gasteiger partial charge is 0.394 e. The van der Waals surface area contributed by atoms with E-state index in [4.69, 9.17) is 17.5 Å². The van der Waals surface area contributed by atoms with E-state index in [9.17, 15) is 0 Å². The van der Waals surface area contributed by atoms with E-state index in [1.54, 1.807) is 0 Å². The van der Waals surface area contributed by atoms with Crippen molar-refractivity contribution in [1.29, 1.82) is 0 Å². The van der Waals surface area contributed by atoms with E-state index in [0.29, 0.717) is 0 Å². The molecule has 0 bridgehead atoms. The van der Waals surface area contributed by atoms with Gasteiger partial charge in [0.15, 0.2) is 0 Å². The monoisotopic (exact) mass is 236 g/mol. The van der Waals surface area contributed by atoms with Crippen LogP contribution < -0.4 is 6.15 Å². The maximum atomic E-state index is 8.74. The normalized spacial score (nSPS) is 7.25. The van der Waals surface area contributed by atoms with Gasteiger partial charge in [0.05, 0.1) is 0 Å². The third kappa shape index (κ3) is 329. The van der Waals surface area contributed by atoms with Gasteiger partial charge in [0, 0.05) is 33.6 Å². The number of hydrogen-bond donors (Lipinski definition) is 3. The molecule has 0 aromatic carbocycles. The van der Waals surface area contributed by atoms with Gasteiger partial charge in [-0.3, -0.25) is 9.11 Å². The van der Waals surface area contributed by atoms with Crippen LogP contribution in [0.2, 0.25) is 0 Å². The maximum absolute atomic E-state index is 8.74. The molecule has 61 valence electrons. The standard InChI is InChI=1S/Cu.H3N.Ni.H2O4S/c;;;1-5(2,3)4/h;1H3;;(H2,1,2,3,4). The van der Waals surface area contributed by atoms with Gasteiger partial charge in [-0.15, -0.1) is 0 Å². The van der Waals surface area contributed by atoms with Crippen molar-refractivity contribution in [2.75, 3.05) is 0 Å². The SMILES string of the molecule is N.O=S(=O)(O)O.[Cu].[Ni]. The summed E-state index contributed by atoms with van der Waals surface area (Å²) in [7, 11) is -4.67. The molecule has 0 spiro atoms. The van der Waals surface area contributed by atoms with E-state index in [1.807, 2.05) is 0 Å². The molecule has 0 fully saturated rings. The molecule has 0 saturated carbocycles. The van der Waals surface area contributed by atoms with Crippen molar-refractivity contribution in [3.05, 3.63) is 0 Å². The van der Waals surface area contributed by atoms with Crippen LogP contribution in [0.3, 0.4) is 0 Å². The van der Waals surface area contributed by atoms with Crippen LogP contribution in [0.1, 0.15) is 0 Å². The minimum Gasteiger partial charge on any atom is -0.344 e. The van der Waals surface area contributed by atoms with Crippen LogP contribution in [0.4, 0.5) is 0 Å². The Kier molecular flexibility index (Phi) is 22.7. The molecule has 0 unspecified atom stereocenters. The molecule has 5 nitrogen and oxygen atoms in total. The fourth-order valence-electron chi connectivity index (χ4n) is 0. The van der Waals surface area contributed by atoms with Crippen LogP contribution in [-0.4, -0.2) is 17.5 Å². The van der Waals surface area contributed by atoms with Crippen LogP contribution in [0.15, 0.2) is 0 Å². The minimum absolute atomic E-state index is 0. The van der Waals surface area contributed by atoms with E-state index in [1.165, 1.54) is 0 Å². The first kappa shape index (κ1) is 23.2. The third-order valence-electron chi connectivity index (χ3n) is 0. The molecule has 0 rings (SSSR count).